The van der Waals surface area contributed by atoms with Gasteiger partial charge < -0.3 is 10.2 Å². The topological polar surface area (TPSA) is 35.6 Å². The SMILES string of the molecule is CNc1c(F)cccc1C(=O)N1CCN2CCCC2C1. The molecule has 0 aromatic heterocycles. The Bertz CT molecular complexity index is 520. The number of hydrogen-bond donors (Lipinski definition) is 1. The van der Waals surface area contributed by atoms with E-state index in [1.54, 1.807) is 19.2 Å². The maximum absolute atomic E-state index is 13.8. The van der Waals surface area contributed by atoms with Gasteiger partial charge in [-0.1, -0.05) is 6.07 Å². The highest BCUT2D eigenvalue weighted by molar-refractivity contribution is 5.99. The first kappa shape index (κ1) is 13.4. The summed E-state index contributed by atoms with van der Waals surface area (Å²) < 4.78 is 13.8. The number of nitrogens with one attached hydrogen (secondary N) is 1. The maximum Gasteiger partial charge on any atom is 0.256 e. The number of amides is 1. The molecule has 108 valence electrons. The first-order chi connectivity index (χ1) is 9.70. The van der Waals surface area contributed by atoms with Gasteiger partial charge in [0.15, 0.2) is 0 Å². The Morgan fingerprint density at radius 3 is 3.00 bits per heavy atom. The van der Waals surface area contributed by atoms with Gasteiger partial charge in [-0.2, -0.15) is 0 Å². The molecule has 0 aliphatic carbocycles. The molecule has 1 N–H and O–H groups in total. The minimum Gasteiger partial charge on any atom is -0.385 e. The van der Waals surface area contributed by atoms with Crippen molar-refractivity contribution in [3.63, 3.8) is 0 Å². The molecule has 2 heterocycles. The molecule has 0 radical (unpaired) electrons. The molecule has 4 nitrogen and oxygen atoms in total. The number of nitrogens with zero attached hydrogens (tertiary/aromatic N) is 2. The van der Waals surface area contributed by atoms with Crippen LogP contribution in [0.15, 0.2) is 18.2 Å². The van der Waals surface area contributed by atoms with Crippen molar-refractivity contribution in [3.8, 4) is 0 Å². The van der Waals surface area contributed by atoms with Crippen LogP contribution in [-0.4, -0.2) is 55.0 Å². The molecule has 1 atom stereocenters. The van der Waals surface area contributed by atoms with Crippen molar-refractivity contribution < 1.29 is 9.18 Å². The van der Waals surface area contributed by atoms with E-state index in [9.17, 15) is 9.18 Å². The fourth-order valence-electron chi connectivity index (χ4n) is 3.30. The minimum atomic E-state index is -0.377. The first-order valence-electron chi connectivity index (χ1n) is 7.20. The van der Waals surface area contributed by atoms with Crippen LogP contribution >= 0.6 is 0 Å². The van der Waals surface area contributed by atoms with Crippen molar-refractivity contribution >= 4 is 11.6 Å². The minimum absolute atomic E-state index is 0.0691. The van der Waals surface area contributed by atoms with Gasteiger partial charge in [-0.05, 0) is 31.5 Å². The van der Waals surface area contributed by atoms with Gasteiger partial charge in [-0.3, -0.25) is 9.69 Å². The molecule has 20 heavy (non-hydrogen) atoms. The summed E-state index contributed by atoms with van der Waals surface area (Å²) in [4.78, 5) is 16.9. The number of rotatable bonds is 2. The number of hydrogen-bond acceptors (Lipinski definition) is 3. The summed E-state index contributed by atoms with van der Waals surface area (Å²) in [6.07, 6.45) is 2.38. The number of carbonyl (C=O) groups excluding carboxylic acids is 1. The Morgan fingerprint density at radius 2 is 2.20 bits per heavy atom. The summed E-state index contributed by atoms with van der Waals surface area (Å²) in [5.41, 5.74) is 0.727. The monoisotopic (exact) mass is 277 g/mol. The van der Waals surface area contributed by atoms with E-state index in [1.165, 1.54) is 12.5 Å². The average molecular weight is 277 g/mol. The van der Waals surface area contributed by atoms with Crippen LogP contribution < -0.4 is 5.32 Å². The van der Waals surface area contributed by atoms with E-state index in [4.69, 9.17) is 0 Å². The zero-order valence-electron chi connectivity index (χ0n) is 11.7. The molecule has 1 amide bonds. The van der Waals surface area contributed by atoms with Crippen molar-refractivity contribution in [2.24, 2.45) is 0 Å². The lowest BCUT2D eigenvalue weighted by atomic mass is 10.1. The quantitative estimate of drug-likeness (QED) is 0.895. The Labute approximate surface area is 118 Å². The third kappa shape index (κ3) is 2.26. The fraction of sp³-hybridized carbons (Fsp3) is 0.533. The molecular weight excluding hydrogens is 257 g/mol. The van der Waals surface area contributed by atoms with Gasteiger partial charge in [0.25, 0.3) is 5.91 Å². The van der Waals surface area contributed by atoms with Gasteiger partial charge in [0.05, 0.1) is 11.3 Å². The molecule has 5 heteroatoms. The molecule has 1 unspecified atom stereocenters. The third-order valence-electron chi connectivity index (χ3n) is 4.37. The molecule has 3 rings (SSSR count). The molecule has 1 aromatic carbocycles. The van der Waals surface area contributed by atoms with Gasteiger partial charge in [-0.15, -0.1) is 0 Å². The van der Waals surface area contributed by atoms with Gasteiger partial charge in [-0.25, -0.2) is 4.39 Å². The Hall–Kier alpha value is -1.62. The van der Waals surface area contributed by atoms with Crippen molar-refractivity contribution in [1.29, 1.82) is 0 Å². The van der Waals surface area contributed by atoms with E-state index in [0.717, 1.165) is 32.6 Å². The smallest absolute Gasteiger partial charge is 0.256 e. The summed E-state index contributed by atoms with van der Waals surface area (Å²) in [6.45, 7) is 3.57. The van der Waals surface area contributed by atoms with Crippen LogP contribution in [-0.2, 0) is 0 Å². The van der Waals surface area contributed by atoms with Gasteiger partial charge >= 0.3 is 0 Å². The molecule has 0 bridgehead atoms. The summed E-state index contributed by atoms with van der Waals surface area (Å²) in [6, 6.07) is 5.14. The predicted octanol–water partition coefficient (Wildman–Crippen LogP) is 1.79. The van der Waals surface area contributed by atoms with Gasteiger partial charge in [0.1, 0.15) is 5.82 Å². The normalized spacial score (nSPS) is 22.7. The van der Waals surface area contributed by atoms with E-state index in [-0.39, 0.29) is 11.7 Å². The van der Waals surface area contributed by atoms with Crippen LogP contribution in [0, 0.1) is 5.82 Å². The Morgan fingerprint density at radius 1 is 1.35 bits per heavy atom. The van der Waals surface area contributed by atoms with E-state index in [1.807, 2.05) is 4.90 Å². The molecular formula is C15H20FN3O. The molecule has 1 aromatic rings. The lowest BCUT2D eigenvalue weighted by Crippen LogP contribution is -2.52. The van der Waals surface area contributed by atoms with Crippen molar-refractivity contribution in [2.45, 2.75) is 18.9 Å². The van der Waals surface area contributed by atoms with Crippen molar-refractivity contribution in [3.05, 3.63) is 29.6 Å². The number of benzene rings is 1. The van der Waals surface area contributed by atoms with Crippen LogP contribution in [0.4, 0.5) is 10.1 Å². The number of halogens is 1. The largest absolute Gasteiger partial charge is 0.385 e. The van der Waals surface area contributed by atoms with E-state index >= 15 is 0 Å². The second-order valence-corrected chi connectivity index (χ2v) is 5.50. The second kappa shape index (κ2) is 5.40. The van der Waals surface area contributed by atoms with Crippen LogP contribution in [0.1, 0.15) is 23.2 Å². The lowest BCUT2D eigenvalue weighted by molar-refractivity contribution is 0.0572. The first-order valence-corrected chi connectivity index (χ1v) is 7.20. The van der Waals surface area contributed by atoms with E-state index in [2.05, 4.69) is 10.2 Å². The number of fused-ring (bicyclic) bond motifs is 1. The highest BCUT2D eigenvalue weighted by Crippen LogP contribution is 2.25. The predicted molar refractivity (Wildman–Crippen MR) is 76.4 cm³/mol. The lowest BCUT2D eigenvalue weighted by Gasteiger charge is -2.37. The maximum atomic E-state index is 13.8. The standard InChI is InChI=1S/C15H20FN3O/c1-17-14-12(5-2-6-13(14)16)15(20)19-9-8-18-7-3-4-11(18)10-19/h2,5-6,11,17H,3-4,7-10H2,1H3. The average Bonchev–Trinajstić information content (AvgIpc) is 2.93. The fourth-order valence-corrected chi connectivity index (χ4v) is 3.30. The third-order valence-corrected chi connectivity index (χ3v) is 4.37. The molecule has 2 aliphatic heterocycles. The van der Waals surface area contributed by atoms with Crippen molar-refractivity contribution in [1.82, 2.24) is 9.80 Å². The van der Waals surface area contributed by atoms with Gasteiger partial charge in [0.2, 0.25) is 0 Å². The summed E-state index contributed by atoms with van der Waals surface area (Å²) in [5, 5.41) is 2.80. The van der Waals surface area contributed by atoms with Crippen LogP contribution in [0.25, 0.3) is 0 Å². The van der Waals surface area contributed by atoms with Crippen molar-refractivity contribution in [2.75, 3.05) is 38.5 Å². The van der Waals surface area contributed by atoms with Crippen LogP contribution in [0.5, 0.6) is 0 Å². The molecule has 0 saturated carbocycles. The number of anilines is 1. The zero-order valence-corrected chi connectivity index (χ0v) is 11.7. The number of piperazine rings is 1. The molecule has 0 spiro atoms. The van der Waals surface area contributed by atoms with E-state index < -0.39 is 0 Å². The molecule has 2 fully saturated rings. The summed E-state index contributed by atoms with van der Waals surface area (Å²) in [7, 11) is 1.64. The Kier molecular flexibility index (Phi) is 3.61. The highest BCUT2D eigenvalue weighted by atomic mass is 19.1. The van der Waals surface area contributed by atoms with Gasteiger partial charge in [0, 0.05) is 32.7 Å². The highest BCUT2D eigenvalue weighted by Gasteiger charge is 2.33. The molecule has 2 aliphatic rings. The second-order valence-electron chi connectivity index (χ2n) is 5.50. The summed E-state index contributed by atoms with van der Waals surface area (Å²) >= 11 is 0. The summed E-state index contributed by atoms with van der Waals surface area (Å²) in [5.74, 6) is -0.446. The number of para-hydroxylation sites is 1. The molecule has 2 saturated heterocycles. The van der Waals surface area contributed by atoms with E-state index in [0.29, 0.717) is 17.3 Å². The number of carbonyl (C=O) groups is 1. The van der Waals surface area contributed by atoms with Crippen LogP contribution in [0.2, 0.25) is 0 Å². The Balaban J connectivity index is 1.81. The van der Waals surface area contributed by atoms with Crippen LogP contribution in [0.3, 0.4) is 0 Å². The zero-order chi connectivity index (χ0) is 14.1.